The van der Waals surface area contributed by atoms with Gasteiger partial charge in [-0.2, -0.15) is 0 Å². The molecule has 1 N–H and O–H groups in total. The third-order valence-corrected chi connectivity index (χ3v) is 6.10. The van der Waals surface area contributed by atoms with Gasteiger partial charge in [0, 0.05) is 19.6 Å². The number of nitrogens with zero attached hydrogens (tertiary/aromatic N) is 4. The van der Waals surface area contributed by atoms with Crippen molar-refractivity contribution < 1.29 is 4.79 Å². The van der Waals surface area contributed by atoms with E-state index in [0.29, 0.717) is 11.8 Å². The first kappa shape index (κ1) is 17.2. The van der Waals surface area contributed by atoms with E-state index < -0.39 is 0 Å². The highest BCUT2D eigenvalue weighted by molar-refractivity contribution is 5.78. The van der Waals surface area contributed by atoms with Gasteiger partial charge in [-0.25, -0.2) is 4.68 Å². The van der Waals surface area contributed by atoms with Crippen LogP contribution in [-0.4, -0.2) is 52.0 Å². The van der Waals surface area contributed by atoms with Crippen LogP contribution in [0.25, 0.3) is 5.69 Å². The molecule has 2 fully saturated rings. The molecule has 6 nitrogen and oxygen atoms in total. The molecule has 0 aliphatic carbocycles. The summed E-state index contributed by atoms with van der Waals surface area (Å²) in [4.78, 5) is 14.8. The summed E-state index contributed by atoms with van der Waals surface area (Å²) in [6.45, 7) is 8.01. The lowest BCUT2D eigenvalue weighted by atomic mass is 9.78. The topological polar surface area (TPSA) is 63.1 Å². The van der Waals surface area contributed by atoms with Crippen LogP contribution in [0, 0.1) is 19.3 Å². The Hall–Kier alpha value is -2.21. The average Bonchev–Trinajstić information content (AvgIpc) is 3.24. The Morgan fingerprint density at radius 1 is 1.15 bits per heavy atom. The van der Waals surface area contributed by atoms with Gasteiger partial charge in [0.2, 0.25) is 5.91 Å². The fourth-order valence-corrected chi connectivity index (χ4v) is 4.16. The molecule has 2 aliphatic heterocycles. The SMILES string of the molecule is Cc1ccc(-n2nnc(CC(=O)N3CCC4(CCNC4)CC3)c2C)cc1. The quantitative estimate of drug-likeness (QED) is 0.917. The van der Waals surface area contributed by atoms with Crippen molar-refractivity contribution in [1.29, 1.82) is 0 Å². The molecule has 2 aromatic rings. The van der Waals surface area contributed by atoms with Crippen LogP contribution < -0.4 is 5.32 Å². The Bertz CT molecular complexity index is 779. The molecule has 1 amide bonds. The Kier molecular flexibility index (Phi) is 4.53. The van der Waals surface area contributed by atoms with Crippen LogP contribution >= 0.6 is 0 Å². The Morgan fingerprint density at radius 2 is 1.88 bits per heavy atom. The van der Waals surface area contributed by atoms with E-state index in [1.165, 1.54) is 12.0 Å². The molecule has 0 bridgehead atoms. The maximum absolute atomic E-state index is 12.7. The highest BCUT2D eigenvalue weighted by Gasteiger charge is 2.38. The van der Waals surface area contributed by atoms with Gasteiger partial charge < -0.3 is 10.2 Å². The monoisotopic (exact) mass is 353 g/mol. The first-order valence-electron chi connectivity index (χ1n) is 9.53. The van der Waals surface area contributed by atoms with Crippen molar-refractivity contribution >= 4 is 5.91 Å². The zero-order valence-electron chi connectivity index (χ0n) is 15.7. The molecule has 26 heavy (non-hydrogen) atoms. The first-order valence-corrected chi connectivity index (χ1v) is 9.53. The number of hydrogen-bond donors (Lipinski definition) is 1. The number of hydrogen-bond acceptors (Lipinski definition) is 4. The molecule has 4 rings (SSSR count). The van der Waals surface area contributed by atoms with E-state index in [2.05, 4.69) is 34.7 Å². The van der Waals surface area contributed by atoms with E-state index >= 15 is 0 Å². The number of amides is 1. The molecular weight excluding hydrogens is 326 g/mol. The van der Waals surface area contributed by atoms with Crippen molar-refractivity contribution in [2.45, 2.75) is 39.5 Å². The molecule has 0 radical (unpaired) electrons. The molecule has 1 spiro atoms. The average molecular weight is 353 g/mol. The molecule has 1 aromatic carbocycles. The van der Waals surface area contributed by atoms with Crippen LogP contribution in [-0.2, 0) is 11.2 Å². The second-order valence-corrected chi connectivity index (χ2v) is 7.85. The minimum absolute atomic E-state index is 0.171. The minimum Gasteiger partial charge on any atom is -0.342 e. The lowest BCUT2D eigenvalue weighted by molar-refractivity contribution is -0.132. The van der Waals surface area contributed by atoms with Crippen LogP contribution in [0.4, 0.5) is 0 Å². The molecule has 3 heterocycles. The van der Waals surface area contributed by atoms with E-state index in [1.807, 2.05) is 28.6 Å². The molecular formula is C20H27N5O. The van der Waals surface area contributed by atoms with Crippen molar-refractivity contribution in [2.75, 3.05) is 26.2 Å². The fraction of sp³-hybridized carbons (Fsp3) is 0.550. The number of carbonyl (C=O) groups excluding carboxylic acids is 1. The summed E-state index contributed by atoms with van der Waals surface area (Å²) in [6, 6.07) is 8.18. The van der Waals surface area contributed by atoms with E-state index in [4.69, 9.17) is 0 Å². The normalized spacial score (nSPS) is 19.2. The van der Waals surface area contributed by atoms with Crippen LogP contribution in [0.1, 0.15) is 36.2 Å². The van der Waals surface area contributed by atoms with Crippen LogP contribution in [0.2, 0.25) is 0 Å². The minimum atomic E-state index is 0.171. The van der Waals surface area contributed by atoms with Gasteiger partial charge in [0.25, 0.3) is 0 Å². The van der Waals surface area contributed by atoms with Crippen molar-refractivity contribution in [3.63, 3.8) is 0 Å². The number of piperidine rings is 1. The van der Waals surface area contributed by atoms with E-state index in [9.17, 15) is 4.79 Å². The molecule has 1 aromatic heterocycles. The number of benzene rings is 1. The zero-order valence-corrected chi connectivity index (χ0v) is 15.7. The number of likely N-dealkylation sites (tertiary alicyclic amines) is 1. The number of aryl methyl sites for hydroxylation is 1. The highest BCUT2D eigenvalue weighted by atomic mass is 16.2. The van der Waals surface area contributed by atoms with Crippen LogP contribution in [0.5, 0.6) is 0 Å². The Balaban J connectivity index is 1.41. The Labute approximate surface area is 154 Å². The standard InChI is InChI=1S/C20H27N5O/c1-15-3-5-17(6-4-15)25-16(2)18(22-23-25)13-19(26)24-11-8-20(9-12-24)7-10-21-14-20/h3-6,21H,7-14H2,1-2H3. The molecule has 0 atom stereocenters. The van der Waals surface area contributed by atoms with Crippen molar-refractivity contribution in [3.05, 3.63) is 41.2 Å². The van der Waals surface area contributed by atoms with E-state index in [0.717, 1.165) is 56.1 Å². The summed E-state index contributed by atoms with van der Waals surface area (Å²) in [5, 5.41) is 12.0. The molecule has 0 saturated carbocycles. The van der Waals surface area contributed by atoms with Gasteiger partial charge in [-0.1, -0.05) is 22.9 Å². The highest BCUT2D eigenvalue weighted by Crippen LogP contribution is 2.37. The second-order valence-electron chi connectivity index (χ2n) is 7.85. The van der Waals surface area contributed by atoms with Crippen LogP contribution in [0.15, 0.2) is 24.3 Å². The third-order valence-electron chi connectivity index (χ3n) is 6.10. The maximum atomic E-state index is 12.7. The number of rotatable bonds is 3. The van der Waals surface area contributed by atoms with E-state index in [1.54, 1.807) is 0 Å². The fourth-order valence-electron chi connectivity index (χ4n) is 4.16. The smallest absolute Gasteiger partial charge is 0.228 e. The molecule has 2 saturated heterocycles. The van der Waals surface area contributed by atoms with Crippen molar-refractivity contribution in [1.82, 2.24) is 25.2 Å². The van der Waals surface area contributed by atoms with Gasteiger partial charge >= 0.3 is 0 Å². The summed E-state index contributed by atoms with van der Waals surface area (Å²) in [6.07, 6.45) is 3.81. The number of nitrogens with one attached hydrogen (secondary N) is 1. The van der Waals surface area contributed by atoms with Gasteiger partial charge in [-0.3, -0.25) is 4.79 Å². The first-order chi connectivity index (χ1) is 12.6. The van der Waals surface area contributed by atoms with Crippen LogP contribution in [0.3, 0.4) is 0 Å². The summed E-state index contributed by atoms with van der Waals surface area (Å²) in [7, 11) is 0. The summed E-state index contributed by atoms with van der Waals surface area (Å²) < 4.78 is 1.82. The predicted molar refractivity (Wildman–Crippen MR) is 100 cm³/mol. The lowest BCUT2D eigenvalue weighted by Gasteiger charge is -2.38. The van der Waals surface area contributed by atoms with Gasteiger partial charge in [0.15, 0.2) is 0 Å². The van der Waals surface area contributed by atoms with Gasteiger partial charge in [-0.05, 0) is 57.2 Å². The number of aromatic nitrogens is 3. The lowest BCUT2D eigenvalue weighted by Crippen LogP contribution is -2.44. The molecule has 138 valence electrons. The zero-order chi connectivity index (χ0) is 18.1. The summed E-state index contributed by atoms with van der Waals surface area (Å²) in [5.74, 6) is 0.171. The molecule has 6 heteroatoms. The predicted octanol–water partition coefficient (Wildman–Crippen LogP) is 2.03. The molecule has 2 aliphatic rings. The van der Waals surface area contributed by atoms with Crippen molar-refractivity contribution in [3.8, 4) is 5.69 Å². The van der Waals surface area contributed by atoms with Gasteiger partial charge in [0.1, 0.15) is 0 Å². The Morgan fingerprint density at radius 3 is 2.54 bits per heavy atom. The van der Waals surface area contributed by atoms with Gasteiger partial charge in [0.05, 0.1) is 23.5 Å². The largest absolute Gasteiger partial charge is 0.342 e. The van der Waals surface area contributed by atoms with Crippen molar-refractivity contribution in [2.24, 2.45) is 5.41 Å². The second kappa shape index (κ2) is 6.83. The third kappa shape index (κ3) is 3.26. The molecule has 0 unspecified atom stereocenters. The summed E-state index contributed by atoms with van der Waals surface area (Å²) >= 11 is 0. The van der Waals surface area contributed by atoms with Gasteiger partial charge in [-0.15, -0.1) is 5.10 Å². The van der Waals surface area contributed by atoms with E-state index in [-0.39, 0.29) is 5.91 Å². The maximum Gasteiger partial charge on any atom is 0.228 e. The number of carbonyl (C=O) groups is 1. The summed E-state index contributed by atoms with van der Waals surface area (Å²) in [5.41, 5.74) is 4.34.